The summed E-state index contributed by atoms with van der Waals surface area (Å²) in [4.78, 5) is 0. The highest BCUT2D eigenvalue weighted by atomic mass is 32.1. The molecular formula is C13H8F3N3OS. The fourth-order valence-electron chi connectivity index (χ4n) is 2.07. The van der Waals surface area contributed by atoms with Crippen LogP contribution < -0.4 is 0 Å². The summed E-state index contributed by atoms with van der Waals surface area (Å²) in [5, 5.41) is 16.5. The van der Waals surface area contributed by atoms with Gasteiger partial charge in [-0.2, -0.15) is 18.3 Å². The Hall–Kier alpha value is -2.35. The second-order valence-corrected chi connectivity index (χ2v) is 4.76. The van der Waals surface area contributed by atoms with E-state index in [4.69, 9.17) is 12.2 Å². The number of nitrogens with one attached hydrogen (secondary N) is 1. The monoisotopic (exact) mass is 311 g/mol. The number of alkyl halides is 3. The van der Waals surface area contributed by atoms with Crippen molar-refractivity contribution in [2.75, 3.05) is 0 Å². The van der Waals surface area contributed by atoms with Crippen LogP contribution in [0.1, 0.15) is 5.56 Å². The molecule has 0 unspecified atom stereocenters. The van der Waals surface area contributed by atoms with Crippen LogP contribution in [-0.2, 0) is 6.18 Å². The third kappa shape index (κ3) is 2.27. The van der Waals surface area contributed by atoms with Gasteiger partial charge < -0.3 is 5.11 Å². The highest BCUT2D eigenvalue weighted by Crippen LogP contribution is 2.36. The van der Waals surface area contributed by atoms with E-state index < -0.39 is 17.5 Å². The molecule has 0 radical (unpaired) electrons. The van der Waals surface area contributed by atoms with E-state index in [1.54, 1.807) is 22.7 Å². The number of hydrogen-bond donors (Lipinski definition) is 2. The van der Waals surface area contributed by atoms with Crippen molar-refractivity contribution >= 4 is 17.7 Å². The van der Waals surface area contributed by atoms with Gasteiger partial charge >= 0.3 is 6.18 Å². The Balaban J connectivity index is 2.22. The van der Waals surface area contributed by atoms with Gasteiger partial charge in [-0.05, 0) is 42.5 Å². The summed E-state index contributed by atoms with van der Waals surface area (Å²) in [6, 6.07) is 6.20. The number of aromatic nitrogens is 3. The molecule has 108 valence electrons. The van der Waals surface area contributed by atoms with Gasteiger partial charge in [-0.15, -0.1) is 0 Å². The van der Waals surface area contributed by atoms with E-state index in [1.807, 2.05) is 0 Å². The molecule has 1 aromatic carbocycles. The Morgan fingerprint density at radius 1 is 1.24 bits per heavy atom. The molecule has 4 nitrogen and oxygen atoms in total. The van der Waals surface area contributed by atoms with Crippen molar-refractivity contribution in [2.24, 2.45) is 0 Å². The van der Waals surface area contributed by atoms with Gasteiger partial charge in [0.2, 0.25) is 0 Å². The number of aromatic hydroxyl groups is 1. The number of nitrogens with zero attached hydrogens (tertiary/aromatic N) is 2. The summed E-state index contributed by atoms with van der Waals surface area (Å²) >= 11 is 5.05. The first-order valence-electron chi connectivity index (χ1n) is 5.84. The molecule has 0 aliphatic heterocycles. The van der Waals surface area contributed by atoms with Crippen molar-refractivity contribution in [3.05, 3.63) is 46.9 Å². The predicted octanol–water partition coefficient (Wildman–Crippen LogP) is 3.78. The third-order valence-electron chi connectivity index (χ3n) is 3.05. The van der Waals surface area contributed by atoms with Gasteiger partial charge in [-0.3, -0.25) is 9.50 Å². The molecule has 0 aliphatic rings. The van der Waals surface area contributed by atoms with Gasteiger partial charge in [-0.25, -0.2) is 0 Å². The lowest BCUT2D eigenvalue weighted by Gasteiger charge is -2.10. The van der Waals surface area contributed by atoms with Crippen LogP contribution in [0.5, 0.6) is 5.75 Å². The molecule has 2 aromatic heterocycles. The van der Waals surface area contributed by atoms with Crippen molar-refractivity contribution in [3.8, 4) is 17.0 Å². The van der Waals surface area contributed by atoms with E-state index in [-0.39, 0.29) is 5.56 Å². The fourth-order valence-corrected chi connectivity index (χ4v) is 2.28. The molecule has 0 saturated heterocycles. The smallest absolute Gasteiger partial charge is 0.416 e. The Kier molecular flexibility index (Phi) is 2.98. The van der Waals surface area contributed by atoms with E-state index in [2.05, 4.69) is 10.2 Å². The largest absolute Gasteiger partial charge is 0.507 e. The number of rotatable bonds is 1. The summed E-state index contributed by atoms with van der Waals surface area (Å²) in [6.07, 6.45) is -2.81. The van der Waals surface area contributed by atoms with Crippen LogP contribution in [0.25, 0.3) is 16.8 Å². The summed E-state index contributed by atoms with van der Waals surface area (Å²) in [5.41, 5.74) is 0.186. The Bertz CT molecular complexity index is 882. The van der Waals surface area contributed by atoms with Gasteiger partial charge in [0.05, 0.1) is 11.1 Å². The summed E-state index contributed by atoms with van der Waals surface area (Å²) in [5.74, 6) is -0.494. The molecule has 0 fully saturated rings. The van der Waals surface area contributed by atoms with Gasteiger partial charge in [-0.1, -0.05) is 0 Å². The molecule has 0 saturated carbocycles. The third-order valence-corrected chi connectivity index (χ3v) is 3.34. The normalized spacial score (nSPS) is 12.0. The number of aromatic amines is 1. The number of benzene rings is 1. The molecule has 0 bridgehead atoms. The molecule has 2 heterocycles. The number of halogens is 3. The summed E-state index contributed by atoms with van der Waals surface area (Å²) < 4.78 is 39.8. The Labute approximate surface area is 121 Å². The Morgan fingerprint density at radius 3 is 2.67 bits per heavy atom. The second-order valence-electron chi connectivity index (χ2n) is 4.37. The molecule has 8 heteroatoms. The highest BCUT2D eigenvalue weighted by Gasteiger charge is 2.31. The SMILES string of the molecule is Oc1cc(C(F)(F)F)ccc1-c1n[nH]c(=S)n2cccc12. The van der Waals surface area contributed by atoms with Crippen LogP contribution in [0.3, 0.4) is 0 Å². The van der Waals surface area contributed by atoms with Gasteiger partial charge in [0, 0.05) is 11.8 Å². The second kappa shape index (κ2) is 4.59. The number of H-pyrrole nitrogens is 1. The topological polar surface area (TPSA) is 53.3 Å². The van der Waals surface area contributed by atoms with E-state index in [1.165, 1.54) is 6.07 Å². The number of phenols is 1. The maximum atomic E-state index is 12.6. The zero-order valence-electron chi connectivity index (χ0n) is 10.3. The Morgan fingerprint density at radius 2 is 2.00 bits per heavy atom. The molecule has 0 atom stereocenters. The summed E-state index contributed by atoms with van der Waals surface area (Å²) in [6.45, 7) is 0. The first-order valence-corrected chi connectivity index (χ1v) is 6.25. The van der Waals surface area contributed by atoms with Crippen molar-refractivity contribution < 1.29 is 18.3 Å². The lowest BCUT2D eigenvalue weighted by molar-refractivity contribution is -0.137. The van der Waals surface area contributed by atoms with E-state index in [0.717, 1.165) is 6.07 Å². The zero-order valence-corrected chi connectivity index (χ0v) is 11.2. The fraction of sp³-hybridized carbons (Fsp3) is 0.0769. The maximum absolute atomic E-state index is 12.6. The van der Waals surface area contributed by atoms with Gasteiger partial charge in [0.25, 0.3) is 0 Å². The van der Waals surface area contributed by atoms with Crippen LogP contribution >= 0.6 is 12.2 Å². The lowest BCUT2D eigenvalue weighted by Crippen LogP contribution is -2.04. The minimum absolute atomic E-state index is 0.193. The van der Waals surface area contributed by atoms with E-state index >= 15 is 0 Å². The molecule has 3 aromatic rings. The predicted molar refractivity (Wildman–Crippen MR) is 72.5 cm³/mol. The van der Waals surface area contributed by atoms with Crippen molar-refractivity contribution in [1.29, 1.82) is 0 Å². The number of phenolic OH excluding ortho intramolecular Hbond substituents is 1. The first-order chi connectivity index (χ1) is 9.88. The maximum Gasteiger partial charge on any atom is 0.416 e. The van der Waals surface area contributed by atoms with Crippen molar-refractivity contribution in [1.82, 2.24) is 14.6 Å². The molecule has 0 spiro atoms. The molecule has 0 amide bonds. The number of fused-ring (bicyclic) bond motifs is 1. The lowest BCUT2D eigenvalue weighted by atomic mass is 10.1. The van der Waals surface area contributed by atoms with Crippen LogP contribution in [0, 0.1) is 4.77 Å². The van der Waals surface area contributed by atoms with Gasteiger partial charge in [0.1, 0.15) is 11.4 Å². The van der Waals surface area contributed by atoms with Crippen LogP contribution in [0.4, 0.5) is 13.2 Å². The molecular weight excluding hydrogens is 303 g/mol. The minimum Gasteiger partial charge on any atom is -0.507 e. The molecule has 3 rings (SSSR count). The van der Waals surface area contributed by atoms with E-state index in [0.29, 0.717) is 22.0 Å². The highest BCUT2D eigenvalue weighted by molar-refractivity contribution is 7.71. The van der Waals surface area contributed by atoms with Crippen molar-refractivity contribution in [3.63, 3.8) is 0 Å². The van der Waals surface area contributed by atoms with Crippen LogP contribution in [0.2, 0.25) is 0 Å². The molecule has 21 heavy (non-hydrogen) atoms. The molecule has 0 aliphatic carbocycles. The quantitative estimate of drug-likeness (QED) is 0.672. The number of hydrogen-bond acceptors (Lipinski definition) is 3. The van der Waals surface area contributed by atoms with Crippen LogP contribution in [-0.4, -0.2) is 19.7 Å². The minimum atomic E-state index is -4.51. The van der Waals surface area contributed by atoms with Gasteiger partial charge in [0.15, 0.2) is 4.77 Å². The van der Waals surface area contributed by atoms with Crippen LogP contribution in [0.15, 0.2) is 36.5 Å². The standard InChI is InChI=1S/C13H8F3N3OS/c14-13(15,16)7-3-4-8(10(20)6-7)11-9-2-1-5-19(9)12(21)18-17-11/h1-6,20H,(H,18,21). The first kappa shape index (κ1) is 13.6. The molecule has 2 N–H and O–H groups in total. The van der Waals surface area contributed by atoms with E-state index in [9.17, 15) is 18.3 Å². The zero-order chi connectivity index (χ0) is 15.2. The van der Waals surface area contributed by atoms with Crippen molar-refractivity contribution in [2.45, 2.75) is 6.18 Å². The average molecular weight is 311 g/mol. The summed E-state index contributed by atoms with van der Waals surface area (Å²) in [7, 11) is 0. The average Bonchev–Trinajstić information content (AvgIpc) is 2.89.